The van der Waals surface area contributed by atoms with Gasteiger partial charge in [0.2, 0.25) is 0 Å². The summed E-state index contributed by atoms with van der Waals surface area (Å²) < 4.78 is 24.1. The number of hydrogen-bond donors (Lipinski definition) is 1. The number of hydrogen-bond acceptors (Lipinski definition) is 6. The number of carbonyl (C=O) groups is 2. The molecule has 35 heavy (non-hydrogen) atoms. The van der Waals surface area contributed by atoms with E-state index in [1.54, 1.807) is 44.2 Å². The molecule has 0 aromatic heterocycles. The summed E-state index contributed by atoms with van der Waals surface area (Å²) >= 11 is 0. The van der Waals surface area contributed by atoms with Crippen LogP contribution in [0.5, 0.6) is 0 Å². The van der Waals surface area contributed by atoms with Crippen molar-refractivity contribution < 1.29 is 23.5 Å². The molecule has 0 aliphatic carbocycles. The topological polar surface area (TPSA) is 67.9 Å². The van der Waals surface area contributed by atoms with Gasteiger partial charge in [0.15, 0.2) is 0 Å². The highest BCUT2D eigenvalue weighted by Gasteiger charge is 2.27. The lowest BCUT2D eigenvalue weighted by Gasteiger charge is -2.27. The van der Waals surface area contributed by atoms with E-state index in [0.717, 1.165) is 22.6 Å². The van der Waals surface area contributed by atoms with Gasteiger partial charge in [0.25, 0.3) is 0 Å². The quantitative estimate of drug-likeness (QED) is 0.420. The van der Waals surface area contributed by atoms with Crippen LogP contribution in [0.3, 0.4) is 0 Å². The van der Waals surface area contributed by atoms with Crippen molar-refractivity contribution >= 4 is 23.3 Å². The van der Waals surface area contributed by atoms with Crippen molar-refractivity contribution in [3.63, 3.8) is 0 Å². The lowest BCUT2D eigenvalue weighted by Crippen LogP contribution is -2.25. The van der Waals surface area contributed by atoms with Crippen LogP contribution in [-0.2, 0) is 9.47 Å². The van der Waals surface area contributed by atoms with Crippen LogP contribution in [0, 0.1) is 5.82 Å². The predicted molar refractivity (Wildman–Crippen MR) is 133 cm³/mol. The molecule has 0 unspecified atom stereocenters. The second-order valence-corrected chi connectivity index (χ2v) is 8.01. The third-order valence-corrected chi connectivity index (χ3v) is 5.64. The maximum absolute atomic E-state index is 14.0. The Morgan fingerprint density at radius 2 is 1.51 bits per heavy atom. The number of ether oxygens (including phenoxy) is 2. The van der Waals surface area contributed by atoms with Crippen molar-refractivity contribution in [3.8, 4) is 0 Å². The van der Waals surface area contributed by atoms with Crippen LogP contribution >= 0.6 is 0 Å². The van der Waals surface area contributed by atoms with E-state index in [4.69, 9.17) is 9.47 Å². The molecule has 1 aliphatic heterocycles. The minimum Gasteiger partial charge on any atom is -0.462 e. The molecule has 6 nitrogen and oxygen atoms in total. The molecule has 0 saturated carbocycles. The van der Waals surface area contributed by atoms with Crippen LogP contribution in [0.4, 0.5) is 15.8 Å². The molecule has 0 amide bonds. The summed E-state index contributed by atoms with van der Waals surface area (Å²) in [6.07, 6.45) is 2.05. The van der Waals surface area contributed by atoms with Gasteiger partial charge in [-0.2, -0.15) is 0 Å². The lowest BCUT2D eigenvalue weighted by molar-refractivity contribution is 0.0517. The van der Waals surface area contributed by atoms with Gasteiger partial charge in [-0.1, -0.05) is 12.1 Å². The van der Waals surface area contributed by atoms with Crippen molar-refractivity contribution in [2.24, 2.45) is 0 Å². The molecule has 0 bridgehead atoms. The van der Waals surface area contributed by atoms with Gasteiger partial charge < -0.3 is 19.7 Å². The maximum Gasteiger partial charge on any atom is 0.338 e. The SMILES string of the molecule is CCOC(=O)c1ccc(NC2=C[C@@H](c3cccc(F)c3)N(c3ccc(C(=O)OCC)cc3)C2)cc1. The predicted octanol–water partition coefficient (Wildman–Crippen LogP) is 5.74. The van der Waals surface area contributed by atoms with Gasteiger partial charge in [0.1, 0.15) is 5.82 Å². The van der Waals surface area contributed by atoms with Gasteiger partial charge >= 0.3 is 11.9 Å². The molecule has 0 spiro atoms. The highest BCUT2D eigenvalue weighted by molar-refractivity contribution is 5.90. The fourth-order valence-electron chi connectivity index (χ4n) is 4.01. The summed E-state index contributed by atoms with van der Waals surface area (Å²) in [4.78, 5) is 26.1. The maximum atomic E-state index is 14.0. The summed E-state index contributed by atoms with van der Waals surface area (Å²) in [5, 5.41) is 3.40. The first-order chi connectivity index (χ1) is 17.0. The Balaban J connectivity index is 1.57. The summed E-state index contributed by atoms with van der Waals surface area (Å²) in [7, 11) is 0. The summed E-state index contributed by atoms with van der Waals surface area (Å²) in [5.74, 6) is -1.03. The largest absolute Gasteiger partial charge is 0.462 e. The molecule has 7 heteroatoms. The number of esters is 2. The van der Waals surface area contributed by atoms with Crippen LogP contribution in [0.2, 0.25) is 0 Å². The van der Waals surface area contributed by atoms with E-state index < -0.39 is 0 Å². The van der Waals surface area contributed by atoms with E-state index in [9.17, 15) is 14.0 Å². The summed E-state index contributed by atoms with van der Waals surface area (Å²) in [6.45, 7) is 4.72. The molecule has 1 atom stereocenters. The second-order valence-electron chi connectivity index (χ2n) is 8.01. The van der Waals surface area contributed by atoms with E-state index in [2.05, 4.69) is 10.2 Å². The zero-order valence-electron chi connectivity index (χ0n) is 19.7. The fraction of sp³-hybridized carbons (Fsp3) is 0.214. The first kappa shape index (κ1) is 24.0. The highest BCUT2D eigenvalue weighted by atomic mass is 19.1. The average Bonchev–Trinajstić information content (AvgIpc) is 3.28. The number of nitrogens with one attached hydrogen (secondary N) is 1. The van der Waals surface area contributed by atoms with Gasteiger partial charge in [-0.05, 0) is 86.2 Å². The Morgan fingerprint density at radius 1 is 0.914 bits per heavy atom. The van der Waals surface area contributed by atoms with Crippen LogP contribution in [-0.4, -0.2) is 31.7 Å². The molecule has 0 fully saturated rings. The number of halogens is 1. The summed E-state index contributed by atoms with van der Waals surface area (Å²) in [5.41, 5.74) is 4.41. The van der Waals surface area contributed by atoms with Crippen LogP contribution in [0.25, 0.3) is 0 Å². The van der Waals surface area contributed by atoms with Crippen LogP contribution in [0.1, 0.15) is 46.2 Å². The minimum absolute atomic E-state index is 0.208. The molecular weight excluding hydrogens is 447 g/mol. The van der Waals surface area contributed by atoms with Crippen molar-refractivity contribution in [2.45, 2.75) is 19.9 Å². The molecular formula is C28H27FN2O4. The van der Waals surface area contributed by atoms with E-state index in [1.807, 2.05) is 36.4 Å². The second kappa shape index (κ2) is 10.9. The van der Waals surface area contributed by atoms with Gasteiger partial charge in [0.05, 0.1) is 36.9 Å². The number of carbonyl (C=O) groups excluding carboxylic acids is 2. The number of rotatable bonds is 8. The van der Waals surface area contributed by atoms with E-state index in [1.165, 1.54) is 12.1 Å². The molecule has 1 N–H and O–H groups in total. The molecule has 0 radical (unpaired) electrons. The molecule has 4 rings (SSSR count). The molecule has 180 valence electrons. The molecule has 3 aromatic rings. The summed E-state index contributed by atoms with van der Waals surface area (Å²) in [6, 6.07) is 20.6. The van der Waals surface area contributed by atoms with Crippen molar-refractivity contribution in [1.82, 2.24) is 0 Å². The molecule has 1 aliphatic rings. The third kappa shape index (κ3) is 5.69. The van der Waals surface area contributed by atoms with Gasteiger partial charge in [-0.25, -0.2) is 14.0 Å². The standard InChI is InChI=1S/C28H27FN2O4/c1-3-34-27(32)19-8-12-23(13-9-19)30-24-17-26(21-6-5-7-22(29)16-21)31(18-24)25-14-10-20(11-15-25)28(33)35-4-2/h5-17,26,30H,3-4,18H2,1-2H3/t26-/m0/s1. The van der Waals surface area contributed by atoms with Crippen molar-refractivity contribution in [1.29, 1.82) is 0 Å². The lowest BCUT2D eigenvalue weighted by atomic mass is 10.1. The third-order valence-electron chi connectivity index (χ3n) is 5.64. The van der Waals surface area contributed by atoms with E-state index >= 15 is 0 Å². The number of nitrogens with zero attached hydrogens (tertiary/aromatic N) is 1. The zero-order valence-corrected chi connectivity index (χ0v) is 19.7. The smallest absolute Gasteiger partial charge is 0.338 e. The Morgan fingerprint density at radius 3 is 2.09 bits per heavy atom. The number of benzene rings is 3. The Bertz CT molecular complexity index is 1220. The van der Waals surface area contributed by atoms with Crippen molar-refractivity contribution in [3.05, 3.63) is 107 Å². The van der Waals surface area contributed by atoms with Crippen LogP contribution in [0.15, 0.2) is 84.6 Å². The Kier molecular flexibility index (Phi) is 7.45. The van der Waals surface area contributed by atoms with Crippen LogP contribution < -0.4 is 10.2 Å². The van der Waals surface area contributed by atoms with Gasteiger partial charge in [-0.15, -0.1) is 0 Å². The van der Waals surface area contributed by atoms with E-state index in [0.29, 0.717) is 30.9 Å². The number of anilines is 2. The normalized spacial score (nSPS) is 14.9. The van der Waals surface area contributed by atoms with Gasteiger partial charge in [-0.3, -0.25) is 0 Å². The molecule has 1 heterocycles. The Labute approximate surface area is 204 Å². The molecule has 3 aromatic carbocycles. The van der Waals surface area contributed by atoms with Gasteiger partial charge in [0, 0.05) is 17.1 Å². The average molecular weight is 475 g/mol. The Hall–Kier alpha value is -4.13. The first-order valence-electron chi connectivity index (χ1n) is 11.5. The minimum atomic E-state index is -0.367. The first-order valence-corrected chi connectivity index (χ1v) is 11.5. The molecule has 0 saturated heterocycles. The van der Waals surface area contributed by atoms with Crippen molar-refractivity contribution in [2.75, 3.05) is 30.0 Å². The van der Waals surface area contributed by atoms with E-state index in [-0.39, 0.29) is 23.8 Å². The zero-order chi connectivity index (χ0) is 24.8. The highest BCUT2D eigenvalue weighted by Crippen LogP contribution is 2.35. The monoisotopic (exact) mass is 474 g/mol. The fourth-order valence-corrected chi connectivity index (χ4v) is 4.01.